The van der Waals surface area contributed by atoms with Crippen molar-refractivity contribution in [2.75, 3.05) is 13.1 Å². The van der Waals surface area contributed by atoms with Crippen LogP contribution in [0.15, 0.2) is 0 Å². The van der Waals surface area contributed by atoms with Gasteiger partial charge in [-0.3, -0.25) is 5.41 Å². The van der Waals surface area contributed by atoms with Gasteiger partial charge in [-0.05, 0) is 24.7 Å². The second-order valence-electron chi connectivity index (χ2n) is 3.76. The van der Waals surface area contributed by atoms with Gasteiger partial charge in [0.1, 0.15) is 0 Å². The average molecular weight is 169 g/mol. The van der Waals surface area contributed by atoms with Crippen LogP contribution in [0, 0.1) is 10.8 Å². The Labute approximate surface area is 74.4 Å². The molecule has 0 aromatic rings. The van der Waals surface area contributed by atoms with E-state index in [1.165, 1.54) is 19.3 Å². The van der Waals surface area contributed by atoms with E-state index in [-0.39, 0.29) is 5.96 Å². The van der Waals surface area contributed by atoms with Gasteiger partial charge < -0.3 is 10.6 Å². The first-order valence-electron chi connectivity index (χ1n) is 4.72. The standard InChI is InChI=1S/C9H19N3/c1-3-9(4-2)5-6-12(7-9)8(10)11/h3-7H2,1-2H3,(H3,10,11). The van der Waals surface area contributed by atoms with Gasteiger partial charge in [-0.2, -0.15) is 0 Å². The van der Waals surface area contributed by atoms with E-state index in [4.69, 9.17) is 11.1 Å². The molecule has 3 N–H and O–H groups in total. The Morgan fingerprint density at radius 2 is 2.08 bits per heavy atom. The van der Waals surface area contributed by atoms with Crippen LogP contribution in [0.2, 0.25) is 0 Å². The van der Waals surface area contributed by atoms with Crippen LogP contribution >= 0.6 is 0 Å². The van der Waals surface area contributed by atoms with Gasteiger partial charge in [0.15, 0.2) is 5.96 Å². The lowest BCUT2D eigenvalue weighted by molar-refractivity contribution is 0.277. The summed E-state index contributed by atoms with van der Waals surface area (Å²) >= 11 is 0. The van der Waals surface area contributed by atoms with Crippen molar-refractivity contribution in [1.82, 2.24) is 4.90 Å². The molecule has 0 saturated carbocycles. The zero-order chi connectivity index (χ0) is 9.19. The van der Waals surface area contributed by atoms with Crippen LogP contribution in [0.25, 0.3) is 0 Å². The van der Waals surface area contributed by atoms with Crippen LogP contribution in [0.4, 0.5) is 0 Å². The zero-order valence-corrected chi connectivity index (χ0v) is 8.06. The summed E-state index contributed by atoms with van der Waals surface area (Å²) < 4.78 is 0. The molecule has 0 atom stereocenters. The monoisotopic (exact) mass is 169 g/mol. The average Bonchev–Trinajstić information content (AvgIpc) is 2.49. The van der Waals surface area contributed by atoms with Crippen molar-refractivity contribution >= 4 is 5.96 Å². The Morgan fingerprint density at radius 3 is 2.33 bits per heavy atom. The first-order valence-corrected chi connectivity index (χ1v) is 4.72. The fraction of sp³-hybridized carbons (Fsp3) is 0.889. The summed E-state index contributed by atoms with van der Waals surface area (Å²) in [6.45, 7) is 6.41. The van der Waals surface area contributed by atoms with Gasteiger partial charge in [0.2, 0.25) is 0 Å². The number of nitrogens with zero attached hydrogens (tertiary/aromatic N) is 1. The van der Waals surface area contributed by atoms with Crippen LogP contribution in [-0.4, -0.2) is 23.9 Å². The van der Waals surface area contributed by atoms with Crippen LogP contribution in [-0.2, 0) is 0 Å². The normalized spacial score (nSPS) is 21.3. The SMILES string of the molecule is CCC1(CC)CCN(C(=N)N)C1. The lowest BCUT2D eigenvalue weighted by atomic mass is 9.82. The Kier molecular flexibility index (Phi) is 2.60. The Balaban J connectivity index is 2.58. The molecule has 1 saturated heterocycles. The lowest BCUT2D eigenvalue weighted by Gasteiger charge is -2.26. The van der Waals surface area contributed by atoms with E-state index in [0.717, 1.165) is 13.1 Å². The fourth-order valence-corrected chi connectivity index (χ4v) is 1.97. The molecule has 1 aliphatic heterocycles. The minimum absolute atomic E-state index is 0.235. The van der Waals surface area contributed by atoms with E-state index in [2.05, 4.69) is 13.8 Å². The van der Waals surface area contributed by atoms with E-state index in [9.17, 15) is 0 Å². The number of hydrogen-bond donors (Lipinski definition) is 2. The third kappa shape index (κ3) is 1.54. The van der Waals surface area contributed by atoms with Gasteiger partial charge in [0.05, 0.1) is 0 Å². The minimum Gasteiger partial charge on any atom is -0.370 e. The largest absolute Gasteiger partial charge is 0.370 e. The van der Waals surface area contributed by atoms with Gasteiger partial charge in [-0.25, -0.2) is 0 Å². The van der Waals surface area contributed by atoms with Crippen molar-refractivity contribution in [3.63, 3.8) is 0 Å². The van der Waals surface area contributed by atoms with E-state index < -0.39 is 0 Å². The first kappa shape index (κ1) is 9.36. The van der Waals surface area contributed by atoms with Crippen LogP contribution in [0.1, 0.15) is 33.1 Å². The van der Waals surface area contributed by atoms with Gasteiger partial charge in [-0.15, -0.1) is 0 Å². The van der Waals surface area contributed by atoms with E-state index in [1.54, 1.807) is 0 Å². The number of likely N-dealkylation sites (tertiary alicyclic amines) is 1. The Morgan fingerprint density at radius 1 is 1.50 bits per heavy atom. The molecule has 70 valence electrons. The van der Waals surface area contributed by atoms with Gasteiger partial charge in [0, 0.05) is 13.1 Å². The summed E-state index contributed by atoms with van der Waals surface area (Å²) in [5.41, 5.74) is 5.87. The maximum absolute atomic E-state index is 7.32. The second-order valence-corrected chi connectivity index (χ2v) is 3.76. The molecule has 1 heterocycles. The summed E-state index contributed by atoms with van der Waals surface area (Å²) in [5, 5.41) is 7.32. The summed E-state index contributed by atoms with van der Waals surface area (Å²) in [7, 11) is 0. The van der Waals surface area contributed by atoms with Crippen molar-refractivity contribution in [3.8, 4) is 0 Å². The Bertz CT molecular complexity index is 173. The van der Waals surface area contributed by atoms with Crippen molar-refractivity contribution in [2.24, 2.45) is 11.1 Å². The molecule has 1 fully saturated rings. The summed E-state index contributed by atoms with van der Waals surface area (Å²) in [5.74, 6) is 0.235. The molecule has 0 aromatic heterocycles. The molecule has 3 nitrogen and oxygen atoms in total. The van der Waals surface area contributed by atoms with Crippen LogP contribution in [0.5, 0.6) is 0 Å². The highest BCUT2D eigenvalue weighted by Gasteiger charge is 2.35. The molecule has 3 heteroatoms. The summed E-state index contributed by atoms with van der Waals surface area (Å²) in [4.78, 5) is 1.98. The molecule has 1 rings (SSSR count). The number of rotatable bonds is 2. The molecule has 0 spiro atoms. The highest BCUT2D eigenvalue weighted by atomic mass is 15.2. The third-order valence-electron chi connectivity index (χ3n) is 3.28. The molecule has 0 bridgehead atoms. The second kappa shape index (κ2) is 3.33. The highest BCUT2D eigenvalue weighted by Crippen LogP contribution is 2.36. The molecular formula is C9H19N3. The third-order valence-corrected chi connectivity index (χ3v) is 3.28. The molecule has 0 aromatic carbocycles. The van der Waals surface area contributed by atoms with Crippen molar-refractivity contribution in [1.29, 1.82) is 5.41 Å². The smallest absolute Gasteiger partial charge is 0.188 e. The van der Waals surface area contributed by atoms with E-state index in [1.807, 2.05) is 4.90 Å². The molecular weight excluding hydrogens is 150 g/mol. The van der Waals surface area contributed by atoms with E-state index in [0.29, 0.717) is 5.41 Å². The van der Waals surface area contributed by atoms with Gasteiger partial charge >= 0.3 is 0 Å². The molecule has 0 aliphatic carbocycles. The quantitative estimate of drug-likeness (QED) is 0.485. The van der Waals surface area contributed by atoms with Crippen molar-refractivity contribution in [2.45, 2.75) is 33.1 Å². The predicted octanol–water partition coefficient (Wildman–Crippen LogP) is 1.39. The maximum Gasteiger partial charge on any atom is 0.188 e. The van der Waals surface area contributed by atoms with Crippen molar-refractivity contribution < 1.29 is 0 Å². The summed E-state index contributed by atoms with van der Waals surface area (Å²) in [6.07, 6.45) is 3.60. The molecule has 12 heavy (non-hydrogen) atoms. The molecule has 0 unspecified atom stereocenters. The van der Waals surface area contributed by atoms with Crippen molar-refractivity contribution in [3.05, 3.63) is 0 Å². The van der Waals surface area contributed by atoms with E-state index >= 15 is 0 Å². The molecule has 1 aliphatic rings. The number of nitrogens with one attached hydrogen (secondary N) is 1. The predicted molar refractivity (Wildman–Crippen MR) is 51.1 cm³/mol. The van der Waals surface area contributed by atoms with Crippen LogP contribution < -0.4 is 5.73 Å². The number of guanidine groups is 1. The minimum atomic E-state index is 0.235. The highest BCUT2D eigenvalue weighted by molar-refractivity contribution is 5.74. The lowest BCUT2D eigenvalue weighted by Crippen LogP contribution is -2.36. The first-order chi connectivity index (χ1) is 5.63. The summed E-state index contributed by atoms with van der Waals surface area (Å²) in [6, 6.07) is 0. The maximum atomic E-state index is 7.32. The van der Waals surface area contributed by atoms with Gasteiger partial charge in [-0.1, -0.05) is 13.8 Å². The van der Waals surface area contributed by atoms with Crippen LogP contribution in [0.3, 0.4) is 0 Å². The molecule has 0 radical (unpaired) electrons. The Hall–Kier alpha value is -0.730. The fourth-order valence-electron chi connectivity index (χ4n) is 1.97. The molecule has 0 amide bonds. The van der Waals surface area contributed by atoms with Gasteiger partial charge in [0.25, 0.3) is 0 Å². The number of hydrogen-bond acceptors (Lipinski definition) is 1. The number of nitrogens with two attached hydrogens (primary N) is 1. The topological polar surface area (TPSA) is 53.1 Å². The zero-order valence-electron chi connectivity index (χ0n) is 8.06.